The van der Waals surface area contributed by atoms with Crippen LogP contribution in [0, 0.1) is 0 Å². The molecular weight excluding hydrogens is 226 g/mol. The topological polar surface area (TPSA) is 67.1 Å². The average molecular weight is 243 g/mol. The van der Waals surface area contributed by atoms with Crippen molar-refractivity contribution in [2.45, 2.75) is 6.92 Å². The normalized spacial score (nSPS) is 10.1. The standard InChI is InChI=1S/C13H17N5/c1-3-15-11-9-12(17-13(14)16-11)18(2)10-7-5-4-6-8-10/h4-9H,3H2,1-2H3,(H3,14,15,16,17). The molecule has 0 aliphatic rings. The molecule has 0 aliphatic carbocycles. The quantitative estimate of drug-likeness (QED) is 0.862. The lowest BCUT2D eigenvalue weighted by Gasteiger charge is -2.19. The summed E-state index contributed by atoms with van der Waals surface area (Å²) >= 11 is 0. The SMILES string of the molecule is CCNc1cc(N(C)c2ccccc2)nc(N)n1. The maximum absolute atomic E-state index is 5.72. The maximum atomic E-state index is 5.72. The molecule has 0 atom stereocenters. The fourth-order valence-corrected chi connectivity index (χ4v) is 1.68. The van der Waals surface area contributed by atoms with E-state index in [9.17, 15) is 0 Å². The van der Waals surface area contributed by atoms with Crippen LogP contribution >= 0.6 is 0 Å². The largest absolute Gasteiger partial charge is 0.370 e. The van der Waals surface area contributed by atoms with Crippen LogP contribution in [0.2, 0.25) is 0 Å². The fourth-order valence-electron chi connectivity index (χ4n) is 1.68. The smallest absolute Gasteiger partial charge is 0.223 e. The van der Waals surface area contributed by atoms with E-state index < -0.39 is 0 Å². The second kappa shape index (κ2) is 5.35. The molecule has 0 spiro atoms. The molecule has 2 rings (SSSR count). The van der Waals surface area contributed by atoms with Crippen LogP contribution in [0.5, 0.6) is 0 Å². The van der Waals surface area contributed by atoms with Gasteiger partial charge in [-0.3, -0.25) is 0 Å². The van der Waals surface area contributed by atoms with E-state index in [-0.39, 0.29) is 5.95 Å². The van der Waals surface area contributed by atoms with Gasteiger partial charge in [0.05, 0.1) is 0 Å². The molecule has 1 heterocycles. The number of nitrogen functional groups attached to an aromatic ring is 1. The van der Waals surface area contributed by atoms with Gasteiger partial charge >= 0.3 is 0 Å². The molecule has 0 aliphatic heterocycles. The molecule has 1 aromatic carbocycles. The number of anilines is 4. The van der Waals surface area contributed by atoms with Crippen molar-refractivity contribution >= 4 is 23.3 Å². The molecule has 0 saturated carbocycles. The van der Waals surface area contributed by atoms with Gasteiger partial charge in [-0.2, -0.15) is 9.97 Å². The number of aromatic nitrogens is 2. The first-order chi connectivity index (χ1) is 8.70. The molecular formula is C13H17N5. The van der Waals surface area contributed by atoms with E-state index in [1.807, 2.05) is 55.3 Å². The van der Waals surface area contributed by atoms with E-state index in [4.69, 9.17) is 5.73 Å². The Balaban J connectivity index is 2.33. The van der Waals surface area contributed by atoms with Crippen molar-refractivity contribution in [2.24, 2.45) is 0 Å². The molecule has 0 saturated heterocycles. The van der Waals surface area contributed by atoms with Gasteiger partial charge in [0.2, 0.25) is 5.95 Å². The zero-order valence-electron chi connectivity index (χ0n) is 10.6. The van der Waals surface area contributed by atoms with E-state index in [1.165, 1.54) is 0 Å². The summed E-state index contributed by atoms with van der Waals surface area (Å²) in [6.45, 7) is 2.81. The number of nitrogens with two attached hydrogens (primary N) is 1. The van der Waals surface area contributed by atoms with Gasteiger partial charge in [0.1, 0.15) is 11.6 Å². The zero-order valence-corrected chi connectivity index (χ0v) is 10.6. The number of rotatable bonds is 4. The number of para-hydroxylation sites is 1. The van der Waals surface area contributed by atoms with Crippen LogP contribution in [0.4, 0.5) is 23.3 Å². The van der Waals surface area contributed by atoms with Gasteiger partial charge in [-0.25, -0.2) is 0 Å². The number of hydrogen-bond acceptors (Lipinski definition) is 5. The summed E-state index contributed by atoms with van der Waals surface area (Å²) in [5, 5.41) is 3.14. The van der Waals surface area contributed by atoms with Gasteiger partial charge in [0.15, 0.2) is 0 Å². The van der Waals surface area contributed by atoms with E-state index >= 15 is 0 Å². The molecule has 0 fully saturated rings. The summed E-state index contributed by atoms with van der Waals surface area (Å²) in [4.78, 5) is 10.3. The van der Waals surface area contributed by atoms with Crippen molar-refractivity contribution in [1.29, 1.82) is 0 Å². The molecule has 18 heavy (non-hydrogen) atoms. The van der Waals surface area contributed by atoms with Crippen molar-refractivity contribution in [2.75, 3.05) is 29.5 Å². The van der Waals surface area contributed by atoms with Gasteiger partial charge in [-0.05, 0) is 19.1 Å². The van der Waals surface area contributed by atoms with Crippen molar-refractivity contribution in [3.05, 3.63) is 36.4 Å². The predicted octanol–water partition coefficient (Wildman–Crippen LogP) is 2.26. The lowest BCUT2D eigenvalue weighted by atomic mass is 10.3. The molecule has 5 nitrogen and oxygen atoms in total. The highest BCUT2D eigenvalue weighted by Crippen LogP contribution is 2.23. The second-order valence-corrected chi connectivity index (χ2v) is 3.89. The Hall–Kier alpha value is -2.30. The molecule has 1 aromatic heterocycles. The predicted molar refractivity (Wildman–Crippen MR) is 75.1 cm³/mol. The van der Waals surface area contributed by atoms with Gasteiger partial charge < -0.3 is 16.0 Å². The Labute approximate surface area is 107 Å². The highest BCUT2D eigenvalue weighted by molar-refractivity contribution is 5.62. The lowest BCUT2D eigenvalue weighted by molar-refractivity contribution is 1.07. The van der Waals surface area contributed by atoms with Gasteiger partial charge in [0, 0.05) is 25.3 Å². The number of benzene rings is 1. The first-order valence-corrected chi connectivity index (χ1v) is 5.88. The number of nitrogens with one attached hydrogen (secondary N) is 1. The van der Waals surface area contributed by atoms with Gasteiger partial charge in [-0.1, -0.05) is 18.2 Å². The number of hydrogen-bond donors (Lipinski definition) is 2. The Morgan fingerprint density at radius 3 is 2.61 bits per heavy atom. The summed E-state index contributed by atoms with van der Waals surface area (Å²) < 4.78 is 0. The van der Waals surface area contributed by atoms with Gasteiger partial charge in [-0.15, -0.1) is 0 Å². The van der Waals surface area contributed by atoms with Gasteiger partial charge in [0.25, 0.3) is 0 Å². The molecule has 94 valence electrons. The molecule has 2 aromatic rings. The third-order valence-corrected chi connectivity index (χ3v) is 2.57. The van der Waals surface area contributed by atoms with Crippen molar-refractivity contribution in [3.63, 3.8) is 0 Å². The molecule has 5 heteroatoms. The Morgan fingerprint density at radius 2 is 1.94 bits per heavy atom. The maximum Gasteiger partial charge on any atom is 0.223 e. The van der Waals surface area contributed by atoms with E-state index in [0.717, 1.165) is 23.9 Å². The highest BCUT2D eigenvalue weighted by atomic mass is 15.2. The molecule has 3 N–H and O–H groups in total. The third kappa shape index (κ3) is 2.68. The molecule has 0 bridgehead atoms. The highest BCUT2D eigenvalue weighted by Gasteiger charge is 2.08. The number of nitrogens with zero attached hydrogens (tertiary/aromatic N) is 3. The van der Waals surface area contributed by atoms with Crippen LogP contribution in [-0.4, -0.2) is 23.6 Å². The van der Waals surface area contributed by atoms with E-state index in [1.54, 1.807) is 0 Å². The van der Waals surface area contributed by atoms with Crippen LogP contribution in [0.25, 0.3) is 0 Å². The van der Waals surface area contributed by atoms with Crippen LogP contribution in [0.3, 0.4) is 0 Å². The summed E-state index contributed by atoms with van der Waals surface area (Å²) in [5.74, 6) is 1.78. The monoisotopic (exact) mass is 243 g/mol. The Morgan fingerprint density at radius 1 is 1.22 bits per heavy atom. The van der Waals surface area contributed by atoms with Crippen molar-refractivity contribution in [3.8, 4) is 0 Å². The Kier molecular flexibility index (Phi) is 3.62. The molecule has 0 unspecified atom stereocenters. The minimum atomic E-state index is 0.270. The summed E-state index contributed by atoms with van der Waals surface area (Å²) in [6, 6.07) is 11.9. The zero-order chi connectivity index (χ0) is 13.0. The minimum absolute atomic E-state index is 0.270. The third-order valence-electron chi connectivity index (χ3n) is 2.57. The second-order valence-electron chi connectivity index (χ2n) is 3.89. The van der Waals surface area contributed by atoms with Crippen LogP contribution in [0.15, 0.2) is 36.4 Å². The van der Waals surface area contributed by atoms with Crippen molar-refractivity contribution in [1.82, 2.24) is 9.97 Å². The molecule has 0 amide bonds. The average Bonchev–Trinajstić information content (AvgIpc) is 2.38. The van der Waals surface area contributed by atoms with Crippen LogP contribution in [0.1, 0.15) is 6.92 Å². The first-order valence-electron chi connectivity index (χ1n) is 5.88. The van der Waals surface area contributed by atoms with Crippen molar-refractivity contribution < 1.29 is 0 Å². The lowest BCUT2D eigenvalue weighted by Crippen LogP contribution is -2.13. The minimum Gasteiger partial charge on any atom is -0.370 e. The van der Waals surface area contributed by atoms with E-state index in [2.05, 4.69) is 15.3 Å². The summed E-state index contributed by atoms with van der Waals surface area (Å²) in [5.41, 5.74) is 6.77. The van der Waals surface area contributed by atoms with Crippen LogP contribution < -0.4 is 16.0 Å². The Bertz CT molecular complexity index is 512. The summed E-state index contributed by atoms with van der Waals surface area (Å²) in [7, 11) is 1.95. The van der Waals surface area contributed by atoms with E-state index in [0.29, 0.717) is 0 Å². The molecule has 0 radical (unpaired) electrons. The van der Waals surface area contributed by atoms with Crippen LogP contribution in [-0.2, 0) is 0 Å². The summed E-state index contributed by atoms with van der Waals surface area (Å²) in [6.07, 6.45) is 0. The fraction of sp³-hybridized carbons (Fsp3) is 0.231. The first kappa shape index (κ1) is 12.2.